The molecule has 0 aromatic heterocycles. The highest BCUT2D eigenvalue weighted by Gasteiger charge is 2.10. The quantitative estimate of drug-likeness (QED) is 0.793. The van der Waals surface area contributed by atoms with Gasteiger partial charge in [-0.3, -0.25) is 0 Å². The van der Waals surface area contributed by atoms with E-state index in [0.717, 1.165) is 14.8 Å². The molecule has 4 heteroatoms. The molecule has 1 unspecified atom stereocenters. The van der Waals surface area contributed by atoms with Crippen molar-refractivity contribution in [2.45, 2.75) is 13.0 Å². The van der Waals surface area contributed by atoms with Crippen LogP contribution in [-0.2, 0) is 0 Å². The fourth-order valence-electron chi connectivity index (χ4n) is 1.85. The van der Waals surface area contributed by atoms with E-state index in [1.807, 2.05) is 37.3 Å². The monoisotopic (exact) mass is 371 g/mol. The van der Waals surface area contributed by atoms with Gasteiger partial charge in [0.15, 0.2) is 11.6 Å². The van der Waals surface area contributed by atoms with Crippen LogP contribution in [0.25, 0.3) is 0 Å². The lowest BCUT2D eigenvalue weighted by Crippen LogP contribution is -2.08. The summed E-state index contributed by atoms with van der Waals surface area (Å²) < 4.78 is 19.7. The highest BCUT2D eigenvalue weighted by molar-refractivity contribution is 14.1. The van der Waals surface area contributed by atoms with Crippen molar-refractivity contribution in [3.05, 3.63) is 57.4 Å². The minimum atomic E-state index is -0.337. The maximum Gasteiger partial charge on any atom is 0.165 e. The Kier molecular flexibility index (Phi) is 4.63. The summed E-state index contributed by atoms with van der Waals surface area (Å²) in [7, 11) is 1.46. The molecule has 0 aliphatic carbocycles. The minimum absolute atomic E-state index is 0.0244. The number of rotatable bonds is 4. The average Bonchev–Trinajstić information content (AvgIpc) is 2.41. The van der Waals surface area contributed by atoms with Gasteiger partial charge >= 0.3 is 0 Å². The lowest BCUT2D eigenvalue weighted by Gasteiger charge is -2.17. The smallest absolute Gasteiger partial charge is 0.165 e. The molecule has 0 aliphatic heterocycles. The first-order chi connectivity index (χ1) is 9.11. The number of methoxy groups -OCH3 is 1. The predicted molar refractivity (Wildman–Crippen MR) is 84.1 cm³/mol. The van der Waals surface area contributed by atoms with E-state index in [1.54, 1.807) is 6.07 Å². The molecule has 0 fully saturated rings. The van der Waals surface area contributed by atoms with Crippen LogP contribution in [-0.4, -0.2) is 7.11 Å². The van der Waals surface area contributed by atoms with Crippen LogP contribution in [0.15, 0.2) is 42.5 Å². The van der Waals surface area contributed by atoms with E-state index in [1.165, 1.54) is 13.2 Å². The van der Waals surface area contributed by atoms with Crippen LogP contribution in [0.3, 0.4) is 0 Å². The van der Waals surface area contributed by atoms with E-state index in [9.17, 15) is 4.39 Å². The summed E-state index contributed by atoms with van der Waals surface area (Å²) >= 11 is 2.27. The van der Waals surface area contributed by atoms with Gasteiger partial charge in [0.2, 0.25) is 0 Å². The summed E-state index contributed by atoms with van der Waals surface area (Å²) in [6, 6.07) is 13.1. The third kappa shape index (κ3) is 3.37. The van der Waals surface area contributed by atoms with Crippen LogP contribution >= 0.6 is 22.6 Å². The zero-order valence-electron chi connectivity index (χ0n) is 10.8. The molecule has 0 amide bonds. The Hall–Kier alpha value is -1.30. The van der Waals surface area contributed by atoms with Crippen molar-refractivity contribution in [1.82, 2.24) is 0 Å². The van der Waals surface area contributed by atoms with E-state index in [2.05, 4.69) is 27.9 Å². The fraction of sp³-hybridized carbons (Fsp3) is 0.200. The van der Waals surface area contributed by atoms with Crippen molar-refractivity contribution in [1.29, 1.82) is 0 Å². The Morgan fingerprint density at radius 3 is 2.58 bits per heavy atom. The average molecular weight is 371 g/mol. The molecule has 0 saturated carbocycles. The van der Waals surface area contributed by atoms with Crippen molar-refractivity contribution in [3.63, 3.8) is 0 Å². The van der Waals surface area contributed by atoms with Crippen molar-refractivity contribution < 1.29 is 9.13 Å². The number of hydrogen-bond acceptors (Lipinski definition) is 2. The molecule has 0 radical (unpaired) electrons. The van der Waals surface area contributed by atoms with E-state index < -0.39 is 0 Å². The largest absolute Gasteiger partial charge is 0.494 e. The normalized spacial score (nSPS) is 12.0. The second-order valence-corrected chi connectivity index (χ2v) is 5.40. The lowest BCUT2D eigenvalue weighted by molar-refractivity contribution is 0.386. The van der Waals surface area contributed by atoms with Crippen molar-refractivity contribution >= 4 is 28.3 Å². The summed E-state index contributed by atoms with van der Waals surface area (Å²) in [6.07, 6.45) is 0. The Morgan fingerprint density at radius 2 is 1.95 bits per heavy atom. The lowest BCUT2D eigenvalue weighted by atomic mass is 10.1. The maximum atomic E-state index is 13.7. The highest BCUT2D eigenvalue weighted by atomic mass is 127. The van der Waals surface area contributed by atoms with Crippen LogP contribution in [0.1, 0.15) is 18.5 Å². The maximum absolute atomic E-state index is 13.7. The van der Waals surface area contributed by atoms with E-state index in [4.69, 9.17) is 4.74 Å². The third-order valence-corrected chi connectivity index (χ3v) is 3.86. The molecule has 2 aromatic carbocycles. The zero-order valence-corrected chi connectivity index (χ0v) is 12.9. The molecule has 0 saturated heterocycles. The standard InChI is InChI=1S/C15H15FINO/c1-10(18-14-6-4-3-5-13(14)17)11-7-8-15(19-2)12(16)9-11/h3-10,18H,1-2H3. The molecule has 0 bridgehead atoms. The first-order valence-corrected chi connectivity index (χ1v) is 7.04. The number of ether oxygens (including phenoxy) is 1. The van der Waals surface area contributed by atoms with Crippen LogP contribution in [0, 0.1) is 9.39 Å². The van der Waals surface area contributed by atoms with Crippen molar-refractivity contribution in [2.24, 2.45) is 0 Å². The van der Waals surface area contributed by atoms with E-state index in [-0.39, 0.29) is 17.6 Å². The predicted octanol–water partition coefficient (Wildman–Crippen LogP) is 4.61. The third-order valence-electron chi connectivity index (χ3n) is 2.92. The van der Waals surface area contributed by atoms with Gasteiger partial charge in [-0.25, -0.2) is 4.39 Å². The van der Waals surface area contributed by atoms with Gasteiger partial charge < -0.3 is 10.1 Å². The Balaban J connectivity index is 2.18. The Labute approximate surface area is 126 Å². The van der Waals surface area contributed by atoms with Gasteiger partial charge in [0.05, 0.1) is 7.11 Å². The van der Waals surface area contributed by atoms with Crippen molar-refractivity contribution in [2.75, 3.05) is 12.4 Å². The van der Waals surface area contributed by atoms with Gasteiger partial charge in [-0.05, 0) is 59.3 Å². The molecule has 2 aromatic rings. The zero-order chi connectivity index (χ0) is 13.8. The molecule has 2 rings (SSSR count). The molecule has 1 N–H and O–H groups in total. The fourth-order valence-corrected chi connectivity index (χ4v) is 2.39. The number of para-hydroxylation sites is 1. The van der Waals surface area contributed by atoms with Gasteiger partial charge in [-0.2, -0.15) is 0 Å². The van der Waals surface area contributed by atoms with Crippen LogP contribution in [0.2, 0.25) is 0 Å². The molecule has 0 heterocycles. The summed E-state index contributed by atoms with van der Waals surface area (Å²) in [5, 5.41) is 3.38. The second kappa shape index (κ2) is 6.23. The van der Waals surface area contributed by atoms with Gasteiger partial charge in [-0.1, -0.05) is 18.2 Å². The first-order valence-electron chi connectivity index (χ1n) is 5.96. The summed E-state index contributed by atoms with van der Waals surface area (Å²) in [6.45, 7) is 2.00. The molecule has 0 spiro atoms. The van der Waals surface area contributed by atoms with E-state index >= 15 is 0 Å². The molecular weight excluding hydrogens is 356 g/mol. The first kappa shape index (κ1) is 14.1. The number of hydrogen-bond donors (Lipinski definition) is 1. The second-order valence-electron chi connectivity index (χ2n) is 4.24. The van der Waals surface area contributed by atoms with Gasteiger partial charge in [-0.15, -0.1) is 0 Å². The SMILES string of the molecule is COc1ccc(C(C)Nc2ccccc2I)cc1F. The molecule has 100 valence electrons. The van der Waals surface area contributed by atoms with Crippen LogP contribution in [0.4, 0.5) is 10.1 Å². The topological polar surface area (TPSA) is 21.3 Å². The summed E-state index contributed by atoms with van der Waals surface area (Å²) in [4.78, 5) is 0. The summed E-state index contributed by atoms with van der Waals surface area (Å²) in [5.41, 5.74) is 1.93. The molecule has 1 atom stereocenters. The number of halogens is 2. The van der Waals surface area contributed by atoms with Crippen LogP contribution in [0.5, 0.6) is 5.75 Å². The molecular formula is C15H15FINO. The highest BCUT2D eigenvalue weighted by Crippen LogP contribution is 2.26. The molecule has 19 heavy (non-hydrogen) atoms. The van der Waals surface area contributed by atoms with Gasteiger partial charge in [0, 0.05) is 15.3 Å². The van der Waals surface area contributed by atoms with E-state index in [0.29, 0.717) is 0 Å². The Morgan fingerprint density at radius 1 is 1.21 bits per heavy atom. The van der Waals surface area contributed by atoms with Gasteiger partial charge in [0.1, 0.15) is 0 Å². The molecule has 0 aliphatic rings. The Bertz CT molecular complexity index is 574. The van der Waals surface area contributed by atoms with Crippen molar-refractivity contribution in [3.8, 4) is 5.75 Å². The van der Waals surface area contributed by atoms with Crippen LogP contribution < -0.4 is 10.1 Å². The number of nitrogens with one attached hydrogen (secondary N) is 1. The molecule has 2 nitrogen and oxygen atoms in total. The summed E-state index contributed by atoms with van der Waals surface area (Å²) in [5.74, 6) is -0.0679. The van der Waals surface area contributed by atoms with Gasteiger partial charge in [0.25, 0.3) is 0 Å². The minimum Gasteiger partial charge on any atom is -0.494 e. The number of benzene rings is 2. The number of anilines is 1.